The fraction of sp³-hybridized carbons (Fsp3) is 0.0556. The van der Waals surface area contributed by atoms with Gasteiger partial charge in [0.25, 0.3) is 0 Å². The molecule has 13 aromatic rings. The molecule has 0 aliphatic heterocycles. The summed E-state index contributed by atoms with van der Waals surface area (Å²) in [6, 6.07) is 90.5. The van der Waals surface area contributed by atoms with Crippen LogP contribution in [0.3, 0.4) is 0 Å². The van der Waals surface area contributed by atoms with Gasteiger partial charge in [0.1, 0.15) is 0 Å². The van der Waals surface area contributed by atoms with Crippen LogP contribution in [0.5, 0.6) is 0 Å². The Morgan fingerprint density at radius 2 is 0.514 bits per heavy atom. The van der Waals surface area contributed by atoms with Crippen LogP contribution in [0, 0.1) is 0 Å². The van der Waals surface area contributed by atoms with Gasteiger partial charge >= 0.3 is 0 Å². The number of hydrogen-bond donors (Lipinski definition) is 0. The van der Waals surface area contributed by atoms with Gasteiger partial charge in [-0.05, 0) is 180 Å². The first-order valence-corrected chi connectivity index (χ1v) is 25.5. The first kappa shape index (κ1) is 44.4. The number of rotatable bonds is 6. The molecule has 0 N–H and O–H groups in total. The van der Waals surface area contributed by atoms with Gasteiger partial charge in [0.05, 0.1) is 0 Å². The smallest absolute Gasteiger partial charge is 0.00259 e. The van der Waals surface area contributed by atoms with Crippen LogP contribution in [0.1, 0.15) is 27.7 Å². The highest BCUT2D eigenvalue weighted by molar-refractivity contribution is 6.23. The van der Waals surface area contributed by atoms with Crippen molar-refractivity contribution in [2.75, 3.05) is 0 Å². The summed E-state index contributed by atoms with van der Waals surface area (Å²) in [6.07, 6.45) is 4.37. The van der Waals surface area contributed by atoms with Crippen molar-refractivity contribution in [3.05, 3.63) is 253 Å². The molecule has 0 saturated carbocycles. The van der Waals surface area contributed by atoms with Crippen LogP contribution in [0.15, 0.2) is 243 Å². The predicted octanol–water partition coefficient (Wildman–Crippen LogP) is 19.2. The minimum absolute atomic E-state index is 1.19. The highest BCUT2D eigenvalue weighted by Gasteiger charge is 2.20. The molecule has 0 spiro atoms. The van der Waals surface area contributed by atoms with Crippen LogP contribution in [0.2, 0.25) is 0 Å². The second kappa shape index (κ2) is 18.8. The highest BCUT2D eigenvalue weighted by Crippen LogP contribution is 2.47. The van der Waals surface area contributed by atoms with Gasteiger partial charge in [-0.1, -0.05) is 244 Å². The quantitative estimate of drug-likeness (QED) is 0.146. The molecule has 0 radical (unpaired) electrons. The summed E-state index contributed by atoms with van der Waals surface area (Å²) in [5.41, 5.74) is 14.8. The van der Waals surface area contributed by atoms with Crippen LogP contribution >= 0.6 is 0 Å². The van der Waals surface area contributed by atoms with Gasteiger partial charge in [0, 0.05) is 0 Å². The molecule has 0 aliphatic rings. The van der Waals surface area contributed by atoms with Gasteiger partial charge in [-0.2, -0.15) is 0 Å². The van der Waals surface area contributed by atoms with Crippen molar-refractivity contribution in [2.45, 2.75) is 27.7 Å². The number of fused-ring (bicyclic) bond motifs is 6. The maximum atomic E-state index is 2.44. The molecule has 0 heteroatoms. The molecular weight excluding hydrogens is 865 g/mol. The lowest BCUT2D eigenvalue weighted by Crippen LogP contribution is -2.23. The normalized spacial score (nSPS) is 12.1. The van der Waals surface area contributed by atoms with Gasteiger partial charge < -0.3 is 0 Å². The Morgan fingerprint density at radius 1 is 0.208 bits per heavy atom. The standard InChI is InChI=1S/C70H48.C2H6/c1-3-45-25-36-55(41-46(45)4-2)49-26-32-51(33-27-49)67-59-19-9-11-21-61(59)68(62-22-12-10-20-60(62)67)52-34-28-50(29-35-52)56-39-40-65-66(44-56)70(58-38-31-48-16-6-8-18-54(48)43-58)64-24-14-13-23-63(64)69(65)57-37-30-47-15-5-7-17-53(47)42-57;1-2/h3-44H,1-2H3;1-2H3/b45-3-,46-4-;. The lowest BCUT2D eigenvalue weighted by molar-refractivity contribution is 1.48. The second-order valence-corrected chi connectivity index (χ2v) is 18.6. The van der Waals surface area contributed by atoms with Crippen molar-refractivity contribution in [1.82, 2.24) is 0 Å². The van der Waals surface area contributed by atoms with E-state index in [-0.39, 0.29) is 0 Å². The molecule has 342 valence electrons. The number of benzene rings is 13. The minimum atomic E-state index is 1.19. The van der Waals surface area contributed by atoms with Gasteiger partial charge in [0.2, 0.25) is 0 Å². The van der Waals surface area contributed by atoms with Gasteiger partial charge in [-0.15, -0.1) is 0 Å². The summed E-state index contributed by atoms with van der Waals surface area (Å²) in [5, 5.41) is 17.5. The Labute approximate surface area is 422 Å². The van der Waals surface area contributed by atoms with Crippen molar-refractivity contribution < 1.29 is 0 Å². The second-order valence-electron chi connectivity index (χ2n) is 18.6. The van der Waals surface area contributed by atoms with E-state index in [2.05, 4.69) is 269 Å². The van der Waals surface area contributed by atoms with Crippen molar-refractivity contribution in [2.24, 2.45) is 0 Å². The van der Waals surface area contributed by atoms with E-state index in [0.717, 1.165) is 0 Å². The maximum Gasteiger partial charge on any atom is -0.00259 e. The largest absolute Gasteiger partial charge is 0.0798 e. The summed E-state index contributed by atoms with van der Waals surface area (Å²) in [6.45, 7) is 8.21. The third kappa shape index (κ3) is 7.64. The molecule has 0 aromatic heterocycles. The number of hydrogen-bond acceptors (Lipinski definition) is 0. The van der Waals surface area contributed by atoms with E-state index in [1.54, 1.807) is 0 Å². The van der Waals surface area contributed by atoms with E-state index in [4.69, 9.17) is 0 Å². The van der Waals surface area contributed by atoms with Crippen molar-refractivity contribution in [3.8, 4) is 66.8 Å². The van der Waals surface area contributed by atoms with E-state index < -0.39 is 0 Å². The van der Waals surface area contributed by atoms with Crippen molar-refractivity contribution in [3.63, 3.8) is 0 Å². The average molecular weight is 919 g/mol. The molecule has 0 amide bonds. The Kier molecular flexibility index (Phi) is 11.6. The van der Waals surface area contributed by atoms with Gasteiger partial charge in [0.15, 0.2) is 0 Å². The van der Waals surface area contributed by atoms with E-state index in [9.17, 15) is 0 Å². The zero-order valence-electron chi connectivity index (χ0n) is 41.2. The molecule has 0 aliphatic carbocycles. The Hall–Kier alpha value is -8.84. The van der Waals surface area contributed by atoms with Crippen molar-refractivity contribution in [1.29, 1.82) is 0 Å². The molecule has 0 heterocycles. The fourth-order valence-corrected chi connectivity index (χ4v) is 11.3. The molecule has 0 nitrogen and oxygen atoms in total. The third-order valence-corrected chi connectivity index (χ3v) is 14.8. The molecule has 72 heavy (non-hydrogen) atoms. The minimum Gasteiger partial charge on any atom is -0.0798 e. The third-order valence-electron chi connectivity index (χ3n) is 14.8. The topological polar surface area (TPSA) is 0 Å². The lowest BCUT2D eigenvalue weighted by Gasteiger charge is -2.20. The predicted molar refractivity (Wildman–Crippen MR) is 315 cm³/mol. The summed E-state index contributed by atoms with van der Waals surface area (Å²) in [5.74, 6) is 0. The lowest BCUT2D eigenvalue weighted by atomic mass is 9.84. The first-order valence-electron chi connectivity index (χ1n) is 25.5. The Bertz CT molecular complexity index is 4290. The van der Waals surface area contributed by atoms with Gasteiger partial charge in [-0.3, -0.25) is 0 Å². The summed E-state index contributed by atoms with van der Waals surface area (Å²) >= 11 is 0. The van der Waals surface area contributed by atoms with E-state index >= 15 is 0 Å². The SMILES string of the molecule is C/C=c1/ccc(-c2ccc(-c3c4ccccc4c(-c4ccc(-c5ccc6c(-c7ccc8ccccc8c7)c7ccccc7c(-c7ccc8ccccc8c7)c6c5)cc4)c4ccccc34)cc2)c/c1=C/C.CC. The van der Waals surface area contributed by atoms with Crippen LogP contribution in [0.25, 0.3) is 144 Å². The zero-order chi connectivity index (χ0) is 48.7. The molecule has 0 fully saturated rings. The Morgan fingerprint density at radius 3 is 0.944 bits per heavy atom. The average Bonchev–Trinajstić information content (AvgIpc) is 3.46. The van der Waals surface area contributed by atoms with E-state index in [0.29, 0.717) is 0 Å². The maximum absolute atomic E-state index is 2.44. The molecule has 13 rings (SSSR count). The summed E-state index contributed by atoms with van der Waals surface area (Å²) in [4.78, 5) is 0. The summed E-state index contributed by atoms with van der Waals surface area (Å²) in [7, 11) is 0. The van der Waals surface area contributed by atoms with Crippen LogP contribution in [-0.2, 0) is 0 Å². The fourth-order valence-electron chi connectivity index (χ4n) is 11.3. The molecule has 0 saturated heterocycles. The van der Waals surface area contributed by atoms with Crippen LogP contribution in [-0.4, -0.2) is 0 Å². The highest BCUT2D eigenvalue weighted by atomic mass is 14.2. The monoisotopic (exact) mass is 918 g/mol. The zero-order valence-corrected chi connectivity index (χ0v) is 41.2. The Balaban J connectivity index is 0.00000262. The first-order chi connectivity index (χ1) is 35.6. The van der Waals surface area contributed by atoms with E-state index in [1.807, 2.05) is 13.8 Å². The molecule has 0 unspecified atom stereocenters. The van der Waals surface area contributed by atoms with E-state index in [1.165, 1.54) is 142 Å². The molecular formula is C72H54. The molecule has 13 aromatic carbocycles. The summed E-state index contributed by atoms with van der Waals surface area (Å²) < 4.78 is 0. The molecule has 0 atom stereocenters. The van der Waals surface area contributed by atoms with Crippen molar-refractivity contribution >= 4 is 76.8 Å². The van der Waals surface area contributed by atoms with Crippen LogP contribution < -0.4 is 10.4 Å². The molecule has 0 bridgehead atoms. The van der Waals surface area contributed by atoms with Gasteiger partial charge in [-0.25, -0.2) is 0 Å². The van der Waals surface area contributed by atoms with Crippen LogP contribution in [0.4, 0.5) is 0 Å².